The Labute approximate surface area is 113 Å². The smallest absolute Gasteiger partial charge is 0.0813 e. The van der Waals surface area contributed by atoms with Crippen LogP contribution in [0, 0.1) is 5.92 Å². The molecule has 0 aliphatic carbocycles. The third kappa shape index (κ3) is 7.34. The normalized spacial score (nSPS) is 25.0. The average molecular weight is 257 g/mol. The van der Waals surface area contributed by atoms with Crippen molar-refractivity contribution in [3.8, 4) is 0 Å². The molecule has 18 heavy (non-hydrogen) atoms. The number of rotatable bonds is 7. The molecule has 0 aromatic heterocycles. The van der Waals surface area contributed by atoms with Crippen molar-refractivity contribution in [2.45, 2.75) is 71.6 Å². The maximum Gasteiger partial charge on any atom is 0.0813 e. The van der Waals surface area contributed by atoms with Gasteiger partial charge >= 0.3 is 0 Å². The summed E-state index contributed by atoms with van der Waals surface area (Å²) in [5.41, 5.74) is 0.176. The first-order chi connectivity index (χ1) is 8.37. The summed E-state index contributed by atoms with van der Waals surface area (Å²) >= 11 is 0. The van der Waals surface area contributed by atoms with E-state index in [1.165, 1.54) is 0 Å². The van der Waals surface area contributed by atoms with Crippen LogP contribution in [0.1, 0.15) is 53.9 Å². The second-order valence-electron chi connectivity index (χ2n) is 6.85. The van der Waals surface area contributed by atoms with E-state index in [1.54, 1.807) is 0 Å². The van der Waals surface area contributed by atoms with Crippen LogP contribution < -0.4 is 5.32 Å². The molecule has 2 atom stereocenters. The highest BCUT2D eigenvalue weighted by molar-refractivity contribution is 4.79. The Morgan fingerprint density at radius 1 is 1.22 bits per heavy atom. The van der Waals surface area contributed by atoms with Crippen molar-refractivity contribution < 1.29 is 9.47 Å². The molecular weight excluding hydrogens is 226 g/mol. The third-order valence-corrected chi connectivity index (χ3v) is 3.20. The molecule has 0 amide bonds. The molecule has 2 unspecified atom stereocenters. The van der Waals surface area contributed by atoms with Gasteiger partial charge < -0.3 is 14.8 Å². The maximum atomic E-state index is 5.98. The number of ether oxygens (including phenoxy) is 2. The van der Waals surface area contributed by atoms with Gasteiger partial charge in [0.1, 0.15) is 0 Å². The van der Waals surface area contributed by atoms with Crippen molar-refractivity contribution in [1.82, 2.24) is 5.32 Å². The van der Waals surface area contributed by atoms with Gasteiger partial charge in [-0.2, -0.15) is 0 Å². The molecule has 0 spiro atoms. The van der Waals surface area contributed by atoms with Crippen molar-refractivity contribution >= 4 is 0 Å². The summed E-state index contributed by atoms with van der Waals surface area (Å²) in [5, 5.41) is 3.50. The molecule has 108 valence electrons. The fourth-order valence-corrected chi connectivity index (χ4v) is 2.01. The fourth-order valence-electron chi connectivity index (χ4n) is 2.01. The zero-order valence-corrected chi connectivity index (χ0v) is 12.8. The first kappa shape index (κ1) is 15.9. The SMILES string of the molecule is CC(C)CCOCC1CCC(CNC(C)(C)C)O1. The lowest BCUT2D eigenvalue weighted by atomic mass is 10.1. The Kier molecular flexibility index (Phi) is 6.61. The molecule has 0 radical (unpaired) electrons. The molecule has 0 saturated carbocycles. The molecule has 0 bridgehead atoms. The van der Waals surface area contributed by atoms with E-state index in [4.69, 9.17) is 9.47 Å². The Balaban J connectivity index is 2.06. The summed E-state index contributed by atoms with van der Waals surface area (Å²) < 4.78 is 11.7. The van der Waals surface area contributed by atoms with E-state index in [0.717, 1.165) is 44.9 Å². The zero-order chi connectivity index (χ0) is 13.6. The van der Waals surface area contributed by atoms with E-state index in [9.17, 15) is 0 Å². The van der Waals surface area contributed by atoms with E-state index in [2.05, 4.69) is 39.9 Å². The van der Waals surface area contributed by atoms with Gasteiger partial charge in [0.05, 0.1) is 18.8 Å². The first-order valence-corrected chi connectivity index (χ1v) is 7.35. The molecule has 3 heteroatoms. The van der Waals surface area contributed by atoms with Crippen LogP contribution in [0.5, 0.6) is 0 Å². The van der Waals surface area contributed by atoms with Crippen LogP contribution in [0.4, 0.5) is 0 Å². The molecule has 0 aromatic rings. The van der Waals surface area contributed by atoms with Crippen molar-refractivity contribution in [2.75, 3.05) is 19.8 Å². The number of hydrogen-bond donors (Lipinski definition) is 1. The van der Waals surface area contributed by atoms with Crippen LogP contribution >= 0.6 is 0 Å². The van der Waals surface area contributed by atoms with Gasteiger partial charge in [-0.25, -0.2) is 0 Å². The third-order valence-electron chi connectivity index (χ3n) is 3.20. The lowest BCUT2D eigenvalue weighted by molar-refractivity contribution is -0.0175. The zero-order valence-electron chi connectivity index (χ0n) is 12.8. The molecule has 1 aliphatic rings. The van der Waals surface area contributed by atoms with Gasteiger partial charge in [-0.1, -0.05) is 13.8 Å². The van der Waals surface area contributed by atoms with Crippen molar-refractivity contribution in [3.05, 3.63) is 0 Å². The molecule has 1 N–H and O–H groups in total. The summed E-state index contributed by atoms with van der Waals surface area (Å²) in [6, 6.07) is 0. The van der Waals surface area contributed by atoms with E-state index in [0.29, 0.717) is 12.2 Å². The minimum atomic E-state index is 0.176. The predicted octanol–water partition coefficient (Wildman–Crippen LogP) is 2.98. The van der Waals surface area contributed by atoms with Crippen LogP contribution in [-0.4, -0.2) is 37.5 Å². The Morgan fingerprint density at radius 2 is 1.89 bits per heavy atom. The lowest BCUT2D eigenvalue weighted by Gasteiger charge is -2.23. The Morgan fingerprint density at radius 3 is 2.50 bits per heavy atom. The Bertz CT molecular complexity index is 223. The largest absolute Gasteiger partial charge is 0.379 e. The summed E-state index contributed by atoms with van der Waals surface area (Å²) in [6.07, 6.45) is 4.10. The van der Waals surface area contributed by atoms with Crippen molar-refractivity contribution in [2.24, 2.45) is 5.92 Å². The summed E-state index contributed by atoms with van der Waals surface area (Å²) in [6.45, 7) is 13.6. The highest BCUT2D eigenvalue weighted by atomic mass is 16.5. The molecule has 3 nitrogen and oxygen atoms in total. The first-order valence-electron chi connectivity index (χ1n) is 7.35. The van der Waals surface area contributed by atoms with Gasteiger partial charge in [-0.05, 0) is 46.0 Å². The molecule has 1 rings (SSSR count). The standard InChI is InChI=1S/C15H31NO2/c1-12(2)8-9-17-11-14-7-6-13(18-14)10-16-15(3,4)5/h12-14,16H,6-11H2,1-5H3. The highest BCUT2D eigenvalue weighted by Crippen LogP contribution is 2.20. The van der Waals surface area contributed by atoms with Gasteiger partial charge in [-0.3, -0.25) is 0 Å². The van der Waals surface area contributed by atoms with Crippen LogP contribution in [0.25, 0.3) is 0 Å². The Hall–Kier alpha value is -0.120. The number of nitrogens with one attached hydrogen (secondary N) is 1. The van der Waals surface area contributed by atoms with Gasteiger partial charge in [0.15, 0.2) is 0 Å². The molecule has 1 saturated heterocycles. The van der Waals surface area contributed by atoms with Crippen LogP contribution in [0.15, 0.2) is 0 Å². The summed E-state index contributed by atoms with van der Waals surface area (Å²) in [7, 11) is 0. The second kappa shape index (κ2) is 7.46. The van der Waals surface area contributed by atoms with Crippen LogP contribution in [-0.2, 0) is 9.47 Å². The van der Waals surface area contributed by atoms with Crippen LogP contribution in [0.2, 0.25) is 0 Å². The van der Waals surface area contributed by atoms with Crippen molar-refractivity contribution in [1.29, 1.82) is 0 Å². The molecule has 1 fully saturated rings. The minimum absolute atomic E-state index is 0.176. The van der Waals surface area contributed by atoms with Gasteiger partial charge in [0, 0.05) is 18.7 Å². The van der Waals surface area contributed by atoms with Crippen molar-refractivity contribution in [3.63, 3.8) is 0 Å². The molecule has 1 heterocycles. The summed E-state index contributed by atoms with van der Waals surface area (Å²) in [4.78, 5) is 0. The van der Waals surface area contributed by atoms with E-state index < -0.39 is 0 Å². The lowest BCUT2D eigenvalue weighted by Crippen LogP contribution is -2.41. The van der Waals surface area contributed by atoms with E-state index in [-0.39, 0.29) is 5.54 Å². The monoisotopic (exact) mass is 257 g/mol. The maximum absolute atomic E-state index is 5.98. The van der Waals surface area contributed by atoms with Gasteiger partial charge in [0.25, 0.3) is 0 Å². The van der Waals surface area contributed by atoms with Gasteiger partial charge in [0.2, 0.25) is 0 Å². The number of hydrogen-bond acceptors (Lipinski definition) is 3. The second-order valence-corrected chi connectivity index (χ2v) is 6.85. The quantitative estimate of drug-likeness (QED) is 0.711. The van der Waals surface area contributed by atoms with Crippen LogP contribution in [0.3, 0.4) is 0 Å². The highest BCUT2D eigenvalue weighted by Gasteiger charge is 2.26. The predicted molar refractivity (Wildman–Crippen MR) is 75.9 cm³/mol. The minimum Gasteiger partial charge on any atom is -0.379 e. The van der Waals surface area contributed by atoms with E-state index in [1.807, 2.05) is 0 Å². The molecule has 1 aliphatic heterocycles. The molecular formula is C15H31NO2. The topological polar surface area (TPSA) is 30.5 Å². The molecule has 0 aromatic carbocycles. The fraction of sp³-hybridized carbons (Fsp3) is 1.00. The average Bonchev–Trinajstić information content (AvgIpc) is 2.68. The van der Waals surface area contributed by atoms with Gasteiger partial charge in [-0.15, -0.1) is 0 Å². The van der Waals surface area contributed by atoms with E-state index >= 15 is 0 Å². The summed E-state index contributed by atoms with van der Waals surface area (Å²) in [5.74, 6) is 0.721.